The lowest BCUT2D eigenvalue weighted by Crippen LogP contribution is -2.24. The Bertz CT molecular complexity index is 787. The molecule has 8 nitrogen and oxygen atoms in total. The van der Waals surface area contributed by atoms with Gasteiger partial charge in [-0.05, 0) is 34.1 Å². The largest absolute Gasteiger partial charge is 0.478 e. The third-order valence-corrected chi connectivity index (χ3v) is 4.85. The molecule has 0 aliphatic heterocycles. The van der Waals surface area contributed by atoms with Gasteiger partial charge in [0.25, 0.3) is 0 Å². The Hall–Kier alpha value is -1.78. The topological polar surface area (TPSA) is 122 Å². The summed E-state index contributed by atoms with van der Waals surface area (Å²) in [6.45, 7) is 1.42. The summed E-state index contributed by atoms with van der Waals surface area (Å²) in [6.07, 6.45) is 0. The minimum Gasteiger partial charge on any atom is -0.478 e. The Labute approximate surface area is 128 Å². The summed E-state index contributed by atoms with van der Waals surface area (Å²) in [5.41, 5.74) is -0.131. The van der Waals surface area contributed by atoms with Gasteiger partial charge in [0.05, 0.1) is 17.0 Å². The minimum atomic E-state index is -3.92. The molecule has 0 spiro atoms. The second-order valence-electron chi connectivity index (χ2n) is 4.00. The highest BCUT2D eigenvalue weighted by Gasteiger charge is 2.20. The van der Waals surface area contributed by atoms with E-state index in [1.54, 1.807) is 6.92 Å². The molecule has 2 N–H and O–H groups in total. The van der Waals surface area contributed by atoms with E-state index >= 15 is 0 Å². The summed E-state index contributed by atoms with van der Waals surface area (Å²) in [5.74, 6) is -0.715. The van der Waals surface area contributed by atoms with Crippen molar-refractivity contribution in [3.8, 4) is 0 Å². The van der Waals surface area contributed by atoms with Gasteiger partial charge in [-0.1, -0.05) is 5.16 Å². The van der Waals surface area contributed by atoms with Crippen LogP contribution in [-0.2, 0) is 16.6 Å². The molecule has 0 radical (unpaired) electrons. The zero-order valence-electron chi connectivity index (χ0n) is 10.7. The highest BCUT2D eigenvalue weighted by molar-refractivity contribution is 9.10. The van der Waals surface area contributed by atoms with E-state index in [1.807, 2.05) is 0 Å². The maximum absolute atomic E-state index is 12.2. The first-order valence-electron chi connectivity index (χ1n) is 5.61. The zero-order chi connectivity index (χ0) is 15.6. The normalized spacial score (nSPS) is 11.5. The standard InChI is InChI=1S/C11H10BrN3O5S/c1-6-14-10(15-20-6)5-13-21(18,19)9-4-7(11(16)17)2-3-8(9)12/h2-4,13H,5H2,1H3,(H,16,17). The van der Waals surface area contributed by atoms with Gasteiger partial charge in [0, 0.05) is 11.4 Å². The molecule has 21 heavy (non-hydrogen) atoms. The molecule has 2 aromatic rings. The second-order valence-corrected chi connectivity index (χ2v) is 6.59. The van der Waals surface area contributed by atoms with E-state index in [0.717, 1.165) is 6.07 Å². The van der Waals surface area contributed by atoms with Crippen LogP contribution in [0.25, 0.3) is 0 Å². The minimum absolute atomic E-state index is 0.131. The van der Waals surface area contributed by atoms with E-state index in [2.05, 4.69) is 30.8 Å². The van der Waals surface area contributed by atoms with E-state index in [0.29, 0.717) is 5.89 Å². The molecule has 0 aliphatic carbocycles. The van der Waals surface area contributed by atoms with Crippen molar-refractivity contribution < 1.29 is 22.8 Å². The number of aryl methyl sites for hydroxylation is 1. The zero-order valence-corrected chi connectivity index (χ0v) is 13.1. The van der Waals surface area contributed by atoms with Crippen molar-refractivity contribution >= 4 is 31.9 Å². The van der Waals surface area contributed by atoms with Crippen LogP contribution >= 0.6 is 15.9 Å². The number of nitrogens with zero attached hydrogens (tertiary/aromatic N) is 2. The molecule has 0 saturated carbocycles. The summed E-state index contributed by atoms with van der Waals surface area (Å²) in [6, 6.07) is 3.72. The average Bonchev–Trinajstić information content (AvgIpc) is 2.82. The molecule has 0 fully saturated rings. The molecule has 1 heterocycles. The van der Waals surface area contributed by atoms with Crippen LogP contribution in [0.1, 0.15) is 22.1 Å². The van der Waals surface area contributed by atoms with Crippen molar-refractivity contribution in [1.82, 2.24) is 14.9 Å². The molecule has 0 saturated heterocycles. The fourth-order valence-electron chi connectivity index (χ4n) is 1.49. The first-order chi connectivity index (χ1) is 9.79. The first kappa shape index (κ1) is 15.6. The van der Waals surface area contributed by atoms with Crippen LogP contribution < -0.4 is 4.72 Å². The summed E-state index contributed by atoms with van der Waals surface area (Å²) in [4.78, 5) is 14.6. The van der Waals surface area contributed by atoms with Crippen LogP contribution in [0.5, 0.6) is 0 Å². The number of nitrogens with one attached hydrogen (secondary N) is 1. The number of carbonyl (C=O) groups is 1. The molecule has 0 aliphatic rings. The number of hydrogen-bond donors (Lipinski definition) is 2. The number of aromatic nitrogens is 2. The van der Waals surface area contributed by atoms with E-state index in [1.165, 1.54) is 12.1 Å². The summed E-state index contributed by atoms with van der Waals surface area (Å²) in [7, 11) is -3.92. The Morgan fingerprint density at radius 1 is 1.48 bits per heavy atom. The fraction of sp³-hybridized carbons (Fsp3) is 0.182. The van der Waals surface area contributed by atoms with Crippen molar-refractivity contribution in [3.63, 3.8) is 0 Å². The van der Waals surface area contributed by atoms with Crippen LogP contribution in [0.3, 0.4) is 0 Å². The lowest BCUT2D eigenvalue weighted by molar-refractivity contribution is 0.0696. The third kappa shape index (κ3) is 3.65. The van der Waals surface area contributed by atoms with Gasteiger partial charge in [-0.2, -0.15) is 4.98 Å². The lowest BCUT2D eigenvalue weighted by Gasteiger charge is -2.08. The van der Waals surface area contributed by atoms with Crippen LogP contribution in [0.2, 0.25) is 0 Å². The molecular formula is C11H10BrN3O5S. The van der Waals surface area contributed by atoms with E-state index < -0.39 is 16.0 Å². The smallest absolute Gasteiger partial charge is 0.335 e. The predicted molar refractivity (Wildman–Crippen MR) is 74.2 cm³/mol. The quantitative estimate of drug-likeness (QED) is 0.807. The number of carboxylic acid groups (broad SMARTS) is 1. The van der Waals surface area contributed by atoms with Crippen LogP contribution in [-0.4, -0.2) is 29.6 Å². The number of halogens is 1. The second kappa shape index (κ2) is 5.92. The molecule has 1 aromatic carbocycles. The van der Waals surface area contributed by atoms with Gasteiger partial charge in [-0.3, -0.25) is 0 Å². The summed E-state index contributed by atoms with van der Waals surface area (Å²) >= 11 is 3.08. The lowest BCUT2D eigenvalue weighted by atomic mass is 10.2. The van der Waals surface area contributed by atoms with Gasteiger partial charge in [0.1, 0.15) is 0 Å². The van der Waals surface area contributed by atoms with Gasteiger partial charge < -0.3 is 9.63 Å². The molecule has 0 bridgehead atoms. The highest BCUT2D eigenvalue weighted by Crippen LogP contribution is 2.23. The highest BCUT2D eigenvalue weighted by atomic mass is 79.9. The molecule has 112 valence electrons. The molecular weight excluding hydrogens is 366 g/mol. The van der Waals surface area contributed by atoms with Crippen molar-refractivity contribution in [3.05, 3.63) is 40.0 Å². The fourth-order valence-corrected chi connectivity index (χ4v) is 3.46. The summed E-state index contributed by atoms with van der Waals surface area (Å²) in [5, 5.41) is 12.5. The number of rotatable bonds is 5. The van der Waals surface area contributed by atoms with Gasteiger partial charge in [-0.15, -0.1) is 0 Å². The van der Waals surface area contributed by atoms with Crippen molar-refractivity contribution in [2.75, 3.05) is 0 Å². The van der Waals surface area contributed by atoms with Gasteiger partial charge in [0.2, 0.25) is 15.9 Å². The Morgan fingerprint density at radius 3 is 2.76 bits per heavy atom. The van der Waals surface area contributed by atoms with Gasteiger partial charge >= 0.3 is 5.97 Å². The third-order valence-electron chi connectivity index (χ3n) is 2.46. The molecule has 0 atom stereocenters. The Balaban J connectivity index is 2.26. The molecule has 0 unspecified atom stereocenters. The number of sulfonamides is 1. The number of benzene rings is 1. The number of hydrogen-bond acceptors (Lipinski definition) is 6. The van der Waals surface area contributed by atoms with Crippen molar-refractivity contribution in [1.29, 1.82) is 0 Å². The number of carboxylic acids is 1. The number of aromatic carboxylic acids is 1. The SMILES string of the molecule is Cc1nc(CNS(=O)(=O)c2cc(C(=O)O)ccc2Br)no1. The Morgan fingerprint density at radius 2 is 2.19 bits per heavy atom. The van der Waals surface area contributed by atoms with Gasteiger partial charge in [0.15, 0.2) is 5.82 Å². The van der Waals surface area contributed by atoms with Crippen LogP contribution in [0.4, 0.5) is 0 Å². The Kier molecular flexibility index (Phi) is 4.40. The maximum Gasteiger partial charge on any atom is 0.335 e. The maximum atomic E-state index is 12.2. The monoisotopic (exact) mass is 375 g/mol. The van der Waals surface area contributed by atoms with Crippen molar-refractivity contribution in [2.45, 2.75) is 18.4 Å². The molecule has 0 amide bonds. The average molecular weight is 376 g/mol. The van der Waals surface area contributed by atoms with E-state index in [4.69, 9.17) is 9.63 Å². The molecule has 10 heteroatoms. The van der Waals surface area contributed by atoms with E-state index in [9.17, 15) is 13.2 Å². The molecule has 2 rings (SSSR count). The van der Waals surface area contributed by atoms with Gasteiger partial charge in [-0.25, -0.2) is 17.9 Å². The van der Waals surface area contributed by atoms with Crippen LogP contribution in [0, 0.1) is 6.92 Å². The van der Waals surface area contributed by atoms with Crippen molar-refractivity contribution in [2.24, 2.45) is 0 Å². The predicted octanol–water partition coefficient (Wildman–Crippen LogP) is 1.32. The summed E-state index contributed by atoms with van der Waals surface area (Å²) < 4.78 is 31.6. The van der Waals surface area contributed by atoms with E-state index in [-0.39, 0.29) is 27.3 Å². The first-order valence-corrected chi connectivity index (χ1v) is 7.89. The molecule has 1 aromatic heterocycles. The van der Waals surface area contributed by atoms with Crippen LogP contribution in [0.15, 0.2) is 32.1 Å².